The minimum absolute atomic E-state index is 0.472. The van der Waals surface area contributed by atoms with Gasteiger partial charge in [-0.15, -0.1) is 0 Å². The molecule has 24 heavy (non-hydrogen) atoms. The van der Waals surface area contributed by atoms with Crippen molar-refractivity contribution < 1.29 is 4.74 Å². The summed E-state index contributed by atoms with van der Waals surface area (Å²) in [4.78, 5) is 0. The Labute approximate surface area is 152 Å². The van der Waals surface area contributed by atoms with Crippen molar-refractivity contribution in [3.63, 3.8) is 0 Å². The van der Waals surface area contributed by atoms with Crippen LogP contribution in [0.4, 0.5) is 0 Å². The van der Waals surface area contributed by atoms with Gasteiger partial charge >= 0.3 is 0 Å². The van der Waals surface area contributed by atoms with Gasteiger partial charge in [0.2, 0.25) is 0 Å². The van der Waals surface area contributed by atoms with Gasteiger partial charge in [-0.1, -0.05) is 26.0 Å². The fourth-order valence-electron chi connectivity index (χ4n) is 6.10. The van der Waals surface area contributed by atoms with Crippen LogP contribution in [0.3, 0.4) is 0 Å². The van der Waals surface area contributed by atoms with Gasteiger partial charge in [0.15, 0.2) is 5.05 Å². The molecular weight excluding hydrogens is 312 g/mol. The van der Waals surface area contributed by atoms with E-state index in [4.69, 9.17) is 17.0 Å². The summed E-state index contributed by atoms with van der Waals surface area (Å²) in [6.07, 6.45) is 10.8. The highest BCUT2D eigenvalue weighted by Crippen LogP contribution is 2.61. The molecule has 0 N–H and O–H groups in total. The average molecular weight is 343 g/mol. The Kier molecular flexibility index (Phi) is 4.45. The average Bonchev–Trinajstić information content (AvgIpc) is 2.52. The topological polar surface area (TPSA) is 9.23 Å². The minimum Gasteiger partial charge on any atom is -0.450 e. The summed E-state index contributed by atoms with van der Waals surface area (Å²) in [5.74, 6) is 4.45. The van der Waals surface area contributed by atoms with Crippen LogP contribution >= 0.6 is 12.2 Å². The van der Waals surface area contributed by atoms with Crippen molar-refractivity contribution in [3.8, 4) is 5.75 Å². The number of benzene rings is 1. The number of rotatable bonds is 5. The number of thiocarbonyl (C=S) groups is 1. The van der Waals surface area contributed by atoms with Gasteiger partial charge in [0.1, 0.15) is 5.75 Å². The summed E-state index contributed by atoms with van der Waals surface area (Å²) in [6.45, 7) is 4.50. The van der Waals surface area contributed by atoms with E-state index < -0.39 is 0 Å². The predicted octanol–water partition coefficient (Wildman–Crippen LogP) is 6.51. The summed E-state index contributed by atoms with van der Waals surface area (Å²) < 4.78 is 6.12. The molecule has 0 spiro atoms. The van der Waals surface area contributed by atoms with Crippen molar-refractivity contribution in [1.29, 1.82) is 0 Å². The third-order valence-corrected chi connectivity index (χ3v) is 7.18. The van der Waals surface area contributed by atoms with Crippen LogP contribution in [0, 0.1) is 23.2 Å². The molecule has 0 aromatic heterocycles. The van der Waals surface area contributed by atoms with Crippen LogP contribution in [0.1, 0.15) is 76.7 Å². The van der Waals surface area contributed by atoms with E-state index in [0.717, 1.165) is 41.4 Å². The Morgan fingerprint density at radius 2 is 1.79 bits per heavy atom. The molecule has 1 atom stereocenters. The van der Waals surface area contributed by atoms with Crippen molar-refractivity contribution in [2.24, 2.45) is 23.2 Å². The van der Waals surface area contributed by atoms with Crippen LogP contribution in [0.25, 0.3) is 0 Å². The van der Waals surface area contributed by atoms with Crippen molar-refractivity contribution >= 4 is 17.3 Å². The van der Waals surface area contributed by atoms with E-state index >= 15 is 0 Å². The molecule has 1 aromatic rings. The smallest absolute Gasteiger partial charge is 0.167 e. The van der Waals surface area contributed by atoms with E-state index in [-0.39, 0.29) is 0 Å². The van der Waals surface area contributed by atoms with Gasteiger partial charge in [0.25, 0.3) is 0 Å². The van der Waals surface area contributed by atoms with Crippen LogP contribution in [-0.2, 0) is 0 Å². The first-order chi connectivity index (χ1) is 11.5. The molecule has 1 nitrogen and oxygen atoms in total. The summed E-state index contributed by atoms with van der Waals surface area (Å²) in [7, 11) is 0. The zero-order chi connectivity index (χ0) is 16.7. The lowest BCUT2D eigenvalue weighted by molar-refractivity contribution is -0.0492. The summed E-state index contributed by atoms with van der Waals surface area (Å²) in [6, 6.07) is 8.53. The molecule has 0 radical (unpaired) electrons. The monoisotopic (exact) mass is 342 g/mol. The van der Waals surface area contributed by atoms with E-state index in [2.05, 4.69) is 38.1 Å². The van der Waals surface area contributed by atoms with Crippen molar-refractivity contribution in [2.75, 3.05) is 0 Å². The first kappa shape index (κ1) is 16.6. The zero-order valence-corrected chi connectivity index (χ0v) is 15.9. The van der Waals surface area contributed by atoms with Gasteiger partial charge in [-0.3, -0.25) is 0 Å². The molecule has 0 amide bonds. The Bertz CT molecular complexity index is 585. The van der Waals surface area contributed by atoms with E-state index in [1.54, 1.807) is 0 Å². The third-order valence-electron chi connectivity index (χ3n) is 6.96. The molecule has 0 saturated heterocycles. The molecule has 0 aliphatic heterocycles. The summed E-state index contributed by atoms with van der Waals surface area (Å²) in [5, 5.41) is 0.818. The molecule has 4 fully saturated rings. The maximum absolute atomic E-state index is 6.12. The first-order valence-electron chi connectivity index (χ1n) is 9.86. The lowest BCUT2D eigenvalue weighted by Crippen LogP contribution is -2.47. The second-order valence-corrected chi connectivity index (χ2v) is 9.41. The van der Waals surface area contributed by atoms with Crippen LogP contribution in [0.2, 0.25) is 0 Å². The fourth-order valence-corrected chi connectivity index (χ4v) is 6.50. The summed E-state index contributed by atoms with van der Waals surface area (Å²) >= 11 is 5.69. The minimum atomic E-state index is 0.472. The second-order valence-electron chi connectivity index (χ2n) is 8.95. The molecule has 4 aliphatic rings. The number of ether oxygens (including phenoxy) is 1. The van der Waals surface area contributed by atoms with Gasteiger partial charge in [0, 0.05) is 6.42 Å². The Hall–Kier alpha value is -0.890. The number of hydrogen-bond donors (Lipinski definition) is 0. The third kappa shape index (κ3) is 3.27. The second kappa shape index (κ2) is 6.44. The number of hydrogen-bond acceptors (Lipinski definition) is 2. The first-order valence-corrected chi connectivity index (χ1v) is 10.3. The van der Waals surface area contributed by atoms with Gasteiger partial charge < -0.3 is 4.74 Å². The highest BCUT2D eigenvalue weighted by atomic mass is 32.1. The van der Waals surface area contributed by atoms with Crippen molar-refractivity contribution in [2.45, 2.75) is 71.1 Å². The molecule has 4 bridgehead atoms. The molecule has 130 valence electrons. The summed E-state index contributed by atoms with van der Waals surface area (Å²) in [5.41, 5.74) is 1.83. The Balaban J connectivity index is 1.42. The van der Waals surface area contributed by atoms with E-state index in [1.165, 1.54) is 44.1 Å². The maximum Gasteiger partial charge on any atom is 0.167 e. The van der Waals surface area contributed by atoms with Crippen LogP contribution < -0.4 is 4.74 Å². The molecule has 2 heteroatoms. The van der Waals surface area contributed by atoms with Crippen molar-refractivity contribution in [1.82, 2.24) is 0 Å². The van der Waals surface area contributed by atoms with Crippen LogP contribution in [0.15, 0.2) is 24.3 Å². The lowest BCUT2D eigenvalue weighted by atomic mass is 9.49. The van der Waals surface area contributed by atoms with Gasteiger partial charge in [-0.2, -0.15) is 0 Å². The van der Waals surface area contributed by atoms with Gasteiger partial charge in [-0.05, 0) is 104 Å². The van der Waals surface area contributed by atoms with Crippen molar-refractivity contribution in [3.05, 3.63) is 29.8 Å². The molecule has 1 aromatic carbocycles. The standard InChI is InChI=1S/C22H30OS/c1-3-15(2)19-5-4-6-20(10-19)23-21(24)14-22-11-16-7-17(12-22)9-18(8-16)13-22/h4-6,10,15-18H,3,7-9,11-14H2,1-2H3. The molecular formula is C22H30OS. The lowest BCUT2D eigenvalue weighted by Gasteiger charge is -2.56. The maximum atomic E-state index is 6.12. The van der Waals surface area contributed by atoms with E-state index in [1.807, 2.05) is 0 Å². The molecule has 0 heterocycles. The quantitative estimate of drug-likeness (QED) is 0.564. The highest BCUT2D eigenvalue weighted by molar-refractivity contribution is 7.80. The fraction of sp³-hybridized carbons (Fsp3) is 0.682. The Morgan fingerprint density at radius 3 is 2.38 bits per heavy atom. The van der Waals surface area contributed by atoms with E-state index in [9.17, 15) is 0 Å². The SMILES string of the molecule is CCC(C)c1cccc(OC(=S)CC23CC4CC(CC(C4)C2)C3)c1. The molecule has 1 unspecified atom stereocenters. The molecule has 5 rings (SSSR count). The largest absolute Gasteiger partial charge is 0.450 e. The zero-order valence-electron chi connectivity index (χ0n) is 15.1. The Morgan fingerprint density at radius 1 is 1.17 bits per heavy atom. The van der Waals surface area contributed by atoms with Crippen LogP contribution in [0.5, 0.6) is 5.75 Å². The van der Waals surface area contributed by atoms with E-state index in [0.29, 0.717) is 11.3 Å². The highest BCUT2D eigenvalue weighted by Gasteiger charge is 2.51. The molecule has 4 saturated carbocycles. The van der Waals surface area contributed by atoms with Gasteiger partial charge in [-0.25, -0.2) is 0 Å². The normalized spacial score (nSPS) is 35.0. The predicted molar refractivity (Wildman–Crippen MR) is 104 cm³/mol. The van der Waals surface area contributed by atoms with Gasteiger partial charge in [0.05, 0.1) is 0 Å². The van der Waals surface area contributed by atoms with Crippen LogP contribution in [-0.4, -0.2) is 5.05 Å². The molecule has 4 aliphatic carbocycles.